The van der Waals surface area contributed by atoms with Gasteiger partial charge in [-0.15, -0.1) is 0 Å². The molecule has 0 radical (unpaired) electrons. The zero-order chi connectivity index (χ0) is 13.5. The first-order chi connectivity index (χ1) is 9.33. The molecule has 0 amide bonds. The fourth-order valence-corrected chi connectivity index (χ4v) is 1.87. The summed E-state index contributed by atoms with van der Waals surface area (Å²) in [5.74, 6) is 1.50. The number of ether oxygens (including phenoxy) is 2. The van der Waals surface area contributed by atoms with E-state index in [2.05, 4.69) is 22.4 Å². The lowest BCUT2D eigenvalue weighted by molar-refractivity contribution is 0.185. The van der Waals surface area contributed by atoms with Crippen LogP contribution in [0.2, 0.25) is 0 Å². The normalized spacial score (nSPS) is 10.2. The first-order valence-corrected chi connectivity index (χ1v) is 6.13. The zero-order valence-corrected chi connectivity index (χ0v) is 11.2. The summed E-state index contributed by atoms with van der Waals surface area (Å²) in [5, 5.41) is 3.27. The molecule has 0 bridgehead atoms. The third kappa shape index (κ3) is 3.69. The van der Waals surface area contributed by atoms with Crippen LogP contribution in [0.5, 0.6) is 5.75 Å². The number of benzene rings is 1. The van der Waals surface area contributed by atoms with Crippen LogP contribution in [-0.4, -0.2) is 19.2 Å². The third-order valence-electron chi connectivity index (χ3n) is 2.75. The molecule has 1 aromatic heterocycles. The van der Waals surface area contributed by atoms with Gasteiger partial charge in [0.25, 0.3) is 0 Å². The summed E-state index contributed by atoms with van der Waals surface area (Å²) in [5.41, 5.74) is 2.34. The summed E-state index contributed by atoms with van der Waals surface area (Å²) >= 11 is 0. The van der Waals surface area contributed by atoms with Gasteiger partial charge in [0.15, 0.2) is 11.6 Å². The molecular formula is C15H18N2O2. The lowest BCUT2D eigenvalue weighted by Gasteiger charge is -2.10. The summed E-state index contributed by atoms with van der Waals surface area (Å²) in [6, 6.07) is 12.0. The summed E-state index contributed by atoms with van der Waals surface area (Å²) < 4.78 is 10.4. The van der Waals surface area contributed by atoms with E-state index in [1.807, 2.05) is 24.3 Å². The van der Waals surface area contributed by atoms with E-state index in [0.717, 1.165) is 17.1 Å². The Bertz CT molecular complexity index is 529. The van der Waals surface area contributed by atoms with Crippen molar-refractivity contribution >= 4 is 5.82 Å². The molecule has 0 saturated carbocycles. The van der Waals surface area contributed by atoms with Crippen molar-refractivity contribution in [2.45, 2.75) is 13.2 Å². The number of aromatic nitrogens is 1. The Morgan fingerprint density at radius 3 is 2.74 bits per heavy atom. The number of anilines is 1. The standard InChI is InChI=1S/C15H18N2O2/c1-18-11-13-6-3-5-12(9-13)10-17-15-14(19-2)7-4-8-16-15/h3-9H,10-11H2,1-2H3,(H,16,17). The summed E-state index contributed by atoms with van der Waals surface area (Å²) in [6.45, 7) is 1.33. The van der Waals surface area contributed by atoms with Gasteiger partial charge in [0.2, 0.25) is 0 Å². The predicted molar refractivity (Wildman–Crippen MR) is 75.3 cm³/mol. The molecule has 0 aliphatic rings. The fraction of sp³-hybridized carbons (Fsp3) is 0.267. The summed E-state index contributed by atoms with van der Waals surface area (Å²) in [7, 11) is 3.34. The maximum absolute atomic E-state index is 5.25. The molecule has 0 aliphatic carbocycles. The average molecular weight is 258 g/mol. The van der Waals surface area contributed by atoms with Crippen LogP contribution < -0.4 is 10.1 Å². The van der Waals surface area contributed by atoms with Gasteiger partial charge in [0.1, 0.15) is 0 Å². The smallest absolute Gasteiger partial charge is 0.168 e. The summed E-state index contributed by atoms with van der Waals surface area (Å²) in [4.78, 5) is 4.26. The molecule has 2 rings (SSSR count). The first kappa shape index (κ1) is 13.4. The van der Waals surface area contributed by atoms with Crippen molar-refractivity contribution in [2.24, 2.45) is 0 Å². The molecule has 1 N–H and O–H groups in total. The minimum absolute atomic E-state index is 0.626. The molecule has 2 aromatic rings. The number of hydrogen-bond donors (Lipinski definition) is 1. The van der Waals surface area contributed by atoms with Crippen LogP contribution >= 0.6 is 0 Å². The topological polar surface area (TPSA) is 43.4 Å². The predicted octanol–water partition coefficient (Wildman–Crippen LogP) is 2.85. The Morgan fingerprint density at radius 1 is 1.11 bits per heavy atom. The zero-order valence-electron chi connectivity index (χ0n) is 11.2. The lowest BCUT2D eigenvalue weighted by atomic mass is 10.1. The van der Waals surface area contributed by atoms with Crippen molar-refractivity contribution in [3.63, 3.8) is 0 Å². The van der Waals surface area contributed by atoms with Crippen molar-refractivity contribution in [2.75, 3.05) is 19.5 Å². The Balaban J connectivity index is 2.03. The number of rotatable bonds is 6. The van der Waals surface area contributed by atoms with Gasteiger partial charge < -0.3 is 14.8 Å². The molecule has 0 saturated heterocycles. The lowest BCUT2D eigenvalue weighted by Crippen LogP contribution is -2.03. The minimum Gasteiger partial charge on any atom is -0.493 e. The van der Waals surface area contributed by atoms with Gasteiger partial charge in [-0.3, -0.25) is 0 Å². The van der Waals surface area contributed by atoms with Gasteiger partial charge in [-0.05, 0) is 23.3 Å². The molecule has 0 unspecified atom stereocenters. The molecule has 1 aromatic carbocycles. The molecule has 0 fully saturated rings. The maximum Gasteiger partial charge on any atom is 0.168 e. The van der Waals surface area contributed by atoms with Crippen LogP contribution in [0.25, 0.3) is 0 Å². The second kappa shape index (κ2) is 6.75. The molecule has 4 nitrogen and oxygen atoms in total. The average Bonchev–Trinajstić information content (AvgIpc) is 2.46. The highest BCUT2D eigenvalue weighted by Gasteiger charge is 2.02. The van der Waals surface area contributed by atoms with E-state index in [1.165, 1.54) is 5.56 Å². The maximum atomic E-state index is 5.25. The SMILES string of the molecule is COCc1cccc(CNc2ncccc2OC)c1. The van der Waals surface area contributed by atoms with E-state index in [1.54, 1.807) is 20.4 Å². The van der Waals surface area contributed by atoms with Crippen molar-refractivity contribution < 1.29 is 9.47 Å². The molecule has 19 heavy (non-hydrogen) atoms. The number of hydrogen-bond acceptors (Lipinski definition) is 4. The van der Waals surface area contributed by atoms with Gasteiger partial charge >= 0.3 is 0 Å². The summed E-state index contributed by atoms with van der Waals surface area (Å²) in [6.07, 6.45) is 1.74. The molecule has 0 aliphatic heterocycles. The quantitative estimate of drug-likeness (QED) is 0.865. The highest BCUT2D eigenvalue weighted by molar-refractivity contribution is 5.49. The van der Waals surface area contributed by atoms with Crippen LogP contribution in [0.1, 0.15) is 11.1 Å². The number of nitrogens with zero attached hydrogens (tertiary/aromatic N) is 1. The van der Waals surface area contributed by atoms with Crippen molar-refractivity contribution in [3.05, 3.63) is 53.7 Å². The van der Waals surface area contributed by atoms with Gasteiger partial charge in [-0.1, -0.05) is 24.3 Å². The van der Waals surface area contributed by atoms with Crippen LogP contribution in [0.4, 0.5) is 5.82 Å². The van der Waals surface area contributed by atoms with Crippen LogP contribution in [0.15, 0.2) is 42.6 Å². The molecular weight excluding hydrogens is 240 g/mol. The number of nitrogens with one attached hydrogen (secondary N) is 1. The van der Waals surface area contributed by atoms with Gasteiger partial charge in [0, 0.05) is 19.9 Å². The molecule has 0 spiro atoms. The monoisotopic (exact) mass is 258 g/mol. The van der Waals surface area contributed by atoms with Crippen molar-refractivity contribution in [1.29, 1.82) is 0 Å². The van der Waals surface area contributed by atoms with Crippen LogP contribution in [0, 0.1) is 0 Å². The van der Waals surface area contributed by atoms with Crippen molar-refractivity contribution in [1.82, 2.24) is 4.98 Å². The second-order valence-corrected chi connectivity index (χ2v) is 4.16. The van der Waals surface area contributed by atoms with E-state index in [-0.39, 0.29) is 0 Å². The minimum atomic E-state index is 0.626. The van der Waals surface area contributed by atoms with Crippen LogP contribution in [-0.2, 0) is 17.9 Å². The molecule has 1 heterocycles. The fourth-order valence-electron chi connectivity index (χ4n) is 1.87. The van der Waals surface area contributed by atoms with E-state index < -0.39 is 0 Å². The Hall–Kier alpha value is -2.07. The Morgan fingerprint density at radius 2 is 1.95 bits per heavy atom. The Labute approximate surface area is 113 Å². The van der Waals surface area contributed by atoms with Gasteiger partial charge in [-0.2, -0.15) is 0 Å². The largest absolute Gasteiger partial charge is 0.493 e. The number of methoxy groups -OCH3 is 2. The highest BCUT2D eigenvalue weighted by atomic mass is 16.5. The second-order valence-electron chi connectivity index (χ2n) is 4.16. The Kier molecular flexibility index (Phi) is 4.75. The van der Waals surface area contributed by atoms with E-state index >= 15 is 0 Å². The first-order valence-electron chi connectivity index (χ1n) is 6.13. The van der Waals surface area contributed by atoms with Crippen molar-refractivity contribution in [3.8, 4) is 5.75 Å². The molecule has 0 atom stereocenters. The van der Waals surface area contributed by atoms with Gasteiger partial charge in [-0.25, -0.2) is 4.98 Å². The highest BCUT2D eigenvalue weighted by Crippen LogP contribution is 2.20. The van der Waals surface area contributed by atoms with Gasteiger partial charge in [0.05, 0.1) is 13.7 Å². The third-order valence-corrected chi connectivity index (χ3v) is 2.75. The van der Waals surface area contributed by atoms with E-state index in [9.17, 15) is 0 Å². The van der Waals surface area contributed by atoms with Crippen LogP contribution in [0.3, 0.4) is 0 Å². The molecule has 100 valence electrons. The van der Waals surface area contributed by atoms with E-state index in [4.69, 9.17) is 9.47 Å². The van der Waals surface area contributed by atoms with E-state index in [0.29, 0.717) is 13.2 Å². The number of pyridine rings is 1. The molecule has 4 heteroatoms.